The summed E-state index contributed by atoms with van der Waals surface area (Å²) in [5.41, 5.74) is 3.50. The molecule has 1 heterocycles. The highest BCUT2D eigenvalue weighted by molar-refractivity contribution is 14.1. The van der Waals surface area contributed by atoms with Gasteiger partial charge in [-0.1, -0.05) is 30.3 Å². The molecule has 0 atom stereocenters. The molecular formula is C26H21IN4O3. The fourth-order valence-electron chi connectivity index (χ4n) is 3.33. The van der Waals surface area contributed by atoms with Gasteiger partial charge in [0.25, 0.3) is 5.91 Å². The second kappa shape index (κ2) is 10.9. The molecule has 0 unspecified atom stereocenters. The van der Waals surface area contributed by atoms with E-state index < -0.39 is 0 Å². The van der Waals surface area contributed by atoms with E-state index in [2.05, 4.69) is 43.9 Å². The van der Waals surface area contributed by atoms with Gasteiger partial charge in [-0.15, -0.1) is 0 Å². The van der Waals surface area contributed by atoms with Gasteiger partial charge in [0.2, 0.25) is 0 Å². The van der Waals surface area contributed by atoms with Gasteiger partial charge in [0.15, 0.2) is 18.1 Å². The van der Waals surface area contributed by atoms with Crippen LogP contribution in [0.4, 0.5) is 5.69 Å². The molecule has 0 aliphatic rings. The van der Waals surface area contributed by atoms with E-state index in [4.69, 9.17) is 9.47 Å². The number of nitriles is 1. The first-order chi connectivity index (χ1) is 16.6. The maximum atomic E-state index is 12.3. The van der Waals surface area contributed by atoms with Gasteiger partial charge in [-0.3, -0.25) is 4.79 Å². The van der Waals surface area contributed by atoms with Crippen LogP contribution >= 0.6 is 22.6 Å². The van der Waals surface area contributed by atoms with Crippen LogP contribution in [-0.4, -0.2) is 29.1 Å². The number of ether oxygens (including phenoxy) is 2. The van der Waals surface area contributed by atoms with Crippen LogP contribution < -0.4 is 14.8 Å². The van der Waals surface area contributed by atoms with Crippen LogP contribution in [0.2, 0.25) is 0 Å². The Morgan fingerprint density at radius 2 is 1.91 bits per heavy atom. The van der Waals surface area contributed by atoms with Gasteiger partial charge in [-0.05, 0) is 77.6 Å². The minimum Gasteiger partial charge on any atom is -0.490 e. The minimum atomic E-state index is -0.273. The van der Waals surface area contributed by atoms with Crippen molar-refractivity contribution in [2.75, 3.05) is 18.5 Å². The van der Waals surface area contributed by atoms with Crippen LogP contribution in [0.15, 0.2) is 66.7 Å². The lowest BCUT2D eigenvalue weighted by Gasteiger charge is -2.15. The van der Waals surface area contributed by atoms with Crippen LogP contribution in [-0.2, 0) is 4.79 Å². The number of hydrogen-bond acceptors (Lipinski definition) is 5. The molecule has 7 nitrogen and oxygen atoms in total. The molecule has 4 aromatic rings. The highest BCUT2D eigenvalue weighted by Crippen LogP contribution is 2.35. The van der Waals surface area contributed by atoms with Crippen LogP contribution in [0.1, 0.15) is 18.3 Å². The maximum absolute atomic E-state index is 12.3. The zero-order valence-electron chi connectivity index (χ0n) is 18.3. The molecule has 2 N–H and O–H groups in total. The van der Waals surface area contributed by atoms with E-state index in [9.17, 15) is 10.1 Å². The molecule has 0 radical (unpaired) electrons. The lowest BCUT2D eigenvalue weighted by molar-refractivity contribution is -0.118. The lowest BCUT2D eigenvalue weighted by Crippen LogP contribution is -2.20. The van der Waals surface area contributed by atoms with Crippen molar-refractivity contribution in [2.45, 2.75) is 6.92 Å². The number of H-pyrrole nitrogens is 1. The Labute approximate surface area is 210 Å². The number of rotatable bonds is 8. The van der Waals surface area contributed by atoms with Gasteiger partial charge >= 0.3 is 0 Å². The van der Waals surface area contributed by atoms with E-state index in [1.165, 1.54) is 0 Å². The zero-order valence-corrected chi connectivity index (χ0v) is 20.5. The summed E-state index contributed by atoms with van der Waals surface area (Å²) in [6, 6.07) is 22.7. The van der Waals surface area contributed by atoms with Crippen molar-refractivity contribution >= 4 is 56.9 Å². The summed E-state index contributed by atoms with van der Waals surface area (Å²) in [6.07, 6.45) is 1.74. The Hall–Kier alpha value is -3.84. The number of aromatic amines is 1. The number of halogens is 1. The Bertz CT molecular complexity index is 1360. The highest BCUT2D eigenvalue weighted by Gasteiger charge is 2.15. The molecule has 0 fully saturated rings. The Morgan fingerprint density at radius 1 is 1.15 bits per heavy atom. The largest absolute Gasteiger partial charge is 0.490 e. The summed E-state index contributed by atoms with van der Waals surface area (Å²) in [7, 11) is 0. The number of imidazole rings is 1. The van der Waals surface area contributed by atoms with E-state index in [0.717, 1.165) is 20.2 Å². The number of nitrogens with zero attached hydrogens (tertiary/aromatic N) is 2. The average molecular weight is 564 g/mol. The first kappa shape index (κ1) is 23.3. The van der Waals surface area contributed by atoms with Crippen LogP contribution in [0.25, 0.3) is 22.7 Å². The third-order valence-corrected chi connectivity index (χ3v) is 5.61. The molecule has 170 valence electrons. The molecule has 0 bridgehead atoms. The Kier molecular flexibility index (Phi) is 7.44. The molecule has 3 aromatic carbocycles. The predicted octanol–water partition coefficient (Wildman–Crippen LogP) is 5.65. The number of nitrogens with one attached hydrogen (secondary N) is 2. The van der Waals surface area contributed by atoms with E-state index in [-0.39, 0.29) is 12.5 Å². The number of aromatic nitrogens is 2. The third-order valence-electron chi connectivity index (χ3n) is 4.81. The van der Waals surface area contributed by atoms with Gasteiger partial charge in [0, 0.05) is 5.69 Å². The molecule has 1 aromatic heterocycles. The van der Waals surface area contributed by atoms with E-state index >= 15 is 0 Å². The zero-order chi connectivity index (χ0) is 23.9. The quantitative estimate of drug-likeness (QED) is 0.213. The summed E-state index contributed by atoms with van der Waals surface area (Å²) in [5, 5.41) is 12.5. The standard InChI is InChI=1S/C26H21IN4O3/c1-2-33-23-14-17(12-18(15-28)26-30-21-10-6-7-11-22(21)31-26)13-20(27)25(23)34-16-24(32)29-19-8-4-3-5-9-19/h3-14H,2,16H2,1H3,(H,29,32)(H,30,31)/b18-12+. The van der Waals surface area contributed by atoms with Gasteiger partial charge in [-0.2, -0.15) is 5.26 Å². The van der Waals surface area contributed by atoms with E-state index in [1.54, 1.807) is 12.1 Å². The number of carbonyl (C=O) groups is 1. The van der Waals surface area contributed by atoms with Crippen molar-refractivity contribution in [3.8, 4) is 17.6 Å². The molecule has 4 rings (SSSR count). The Morgan fingerprint density at radius 3 is 2.65 bits per heavy atom. The van der Waals surface area contributed by atoms with Crippen molar-refractivity contribution in [3.63, 3.8) is 0 Å². The monoisotopic (exact) mass is 564 g/mol. The number of carbonyl (C=O) groups excluding carboxylic acids is 1. The van der Waals surface area contributed by atoms with Gasteiger partial charge in [0.1, 0.15) is 11.9 Å². The molecule has 0 spiro atoms. The van der Waals surface area contributed by atoms with Crippen molar-refractivity contribution in [3.05, 3.63) is 81.7 Å². The summed E-state index contributed by atoms with van der Waals surface area (Å²) >= 11 is 2.13. The van der Waals surface area contributed by atoms with Crippen LogP contribution in [0.3, 0.4) is 0 Å². The van der Waals surface area contributed by atoms with Crippen LogP contribution in [0, 0.1) is 14.9 Å². The molecule has 0 saturated carbocycles. The predicted molar refractivity (Wildman–Crippen MR) is 140 cm³/mol. The second-order valence-electron chi connectivity index (χ2n) is 7.24. The van der Waals surface area contributed by atoms with Crippen LogP contribution in [0.5, 0.6) is 11.5 Å². The third kappa shape index (κ3) is 5.55. The smallest absolute Gasteiger partial charge is 0.262 e. The fraction of sp³-hybridized carbons (Fsp3) is 0.115. The lowest BCUT2D eigenvalue weighted by atomic mass is 10.1. The first-order valence-electron chi connectivity index (χ1n) is 10.6. The molecule has 0 aliphatic carbocycles. The number of benzene rings is 3. The molecule has 0 saturated heterocycles. The van der Waals surface area contributed by atoms with Crippen molar-refractivity contribution in [1.29, 1.82) is 5.26 Å². The molecule has 0 aliphatic heterocycles. The molecule has 34 heavy (non-hydrogen) atoms. The number of anilines is 1. The maximum Gasteiger partial charge on any atom is 0.262 e. The van der Waals surface area contributed by atoms with Crippen molar-refractivity contribution in [2.24, 2.45) is 0 Å². The molecule has 8 heteroatoms. The normalized spacial score (nSPS) is 11.1. The average Bonchev–Trinajstić information content (AvgIpc) is 3.27. The summed E-state index contributed by atoms with van der Waals surface area (Å²) in [4.78, 5) is 20.0. The van der Waals surface area contributed by atoms with E-state index in [1.807, 2.05) is 67.6 Å². The SMILES string of the molecule is CCOc1cc(/C=C(\C#N)c2nc3ccccc3[nH]2)cc(I)c1OCC(=O)Nc1ccccc1. The molecular weight excluding hydrogens is 543 g/mol. The minimum absolute atomic E-state index is 0.164. The number of allylic oxidation sites excluding steroid dienone is 1. The molecule has 1 amide bonds. The van der Waals surface area contributed by atoms with Crippen molar-refractivity contribution in [1.82, 2.24) is 9.97 Å². The van der Waals surface area contributed by atoms with Gasteiger partial charge in [0.05, 0.1) is 26.8 Å². The number of hydrogen-bond donors (Lipinski definition) is 2. The number of para-hydroxylation sites is 3. The van der Waals surface area contributed by atoms with Gasteiger partial charge in [-0.25, -0.2) is 4.98 Å². The summed E-state index contributed by atoms with van der Waals surface area (Å²) < 4.78 is 12.4. The van der Waals surface area contributed by atoms with Gasteiger partial charge < -0.3 is 19.8 Å². The van der Waals surface area contributed by atoms with E-state index in [0.29, 0.717) is 35.2 Å². The number of amides is 1. The first-order valence-corrected chi connectivity index (χ1v) is 11.7. The number of fused-ring (bicyclic) bond motifs is 1. The second-order valence-corrected chi connectivity index (χ2v) is 8.40. The topological polar surface area (TPSA) is 100 Å². The summed E-state index contributed by atoms with van der Waals surface area (Å²) in [5.74, 6) is 1.19. The van der Waals surface area contributed by atoms with Crippen molar-refractivity contribution < 1.29 is 14.3 Å². The highest BCUT2D eigenvalue weighted by atomic mass is 127. The fourth-order valence-corrected chi connectivity index (χ4v) is 4.11. The summed E-state index contributed by atoms with van der Waals surface area (Å²) in [6.45, 7) is 2.13. The Balaban J connectivity index is 1.57.